The average Bonchev–Trinajstić information content (AvgIpc) is 3.43. The Morgan fingerprint density at radius 1 is 1.14 bits per heavy atom. The monoisotopic (exact) mass is 403 g/mol. The molecule has 3 rings (SSSR count). The lowest BCUT2D eigenvalue weighted by molar-refractivity contribution is -0.119. The molecule has 0 saturated heterocycles. The zero-order valence-electron chi connectivity index (χ0n) is 15.9. The number of hydrogen-bond donors (Lipinski definition) is 3. The van der Waals surface area contributed by atoms with Crippen molar-refractivity contribution >= 4 is 21.6 Å². The second-order valence-electron chi connectivity index (χ2n) is 7.08. The molecule has 0 bridgehead atoms. The molecule has 0 heterocycles. The number of hydrazine groups is 1. The van der Waals surface area contributed by atoms with Crippen LogP contribution in [0.15, 0.2) is 53.4 Å². The second kappa shape index (κ2) is 8.62. The van der Waals surface area contributed by atoms with E-state index < -0.39 is 10.0 Å². The molecule has 8 heteroatoms. The van der Waals surface area contributed by atoms with E-state index in [1.165, 1.54) is 12.1 Å². The summed E-state index contributed by atoms with van der Waals surface area (Å²) in [7, 11) is -3.48. The lowest BCUT2D eigenvalue weighted by Gasteiger charge is -2.12. The number of rotatable bonds is 9. The molecule has 28 heavy (non-hydrogen) atoms. The van der Waals surface area contributed by atoms with Crippen LogP contribution in [0.2, 0.25) is 0 Å². The van der Waals surface area contributed by atoms with Crippen LogP contribution < -0.4 is 20.3 Å². The number of ether oxygens (including phenoxy) is 1. The number of carbonyl (C=O) groups excluding carboxylic acids is 1. The van der Waals surface area contributed by atoms with Gasteiger partial charge in [0.25, 0.3) is 0 Å². The third-order valence-corrected chi connectivity index (χ3v) is 5.58. The van der Waals surface area contributed by atoms with Gasteiger partial charge < -0.3 is 4.74 Å². The zero-order chi connectivity index (χ0) is 20.1. The summed E-state index contributed by atoms with van der Waals surface area (Å²) in [6.45, 7) is 3.89. The van der Waals surface area contributed by atoms with Gasteiger partial charge in [0.05, 0.1) is 23.1 Å². The summed E-state index contributed by atoms with van der Waals surface area (Å²) in [4.78, 5) is 12.4. The molecule has 0 unspecified atom stereocenters. The Morgan fingerprint density at radius 3 is 2.50 bits per heavy atom. The molecule has 150 valence electrons. The van der Waals surface area contributed by atoms with Gasteiger partial charge in [-0.25, -0.2) is 13.1 Å². The fraction of sp³-hybridized carbons (Fsp3) is 0.350. The van der Waals surface area contributed by atoms with E-state index in [1.807, 2.05) is 38.1 Å². The minimum absolute atomic E-state index is 0.0616. The SMILES string of the molecule is CC(C)Oc1cccc(CC(=O)NNc2ccc(S(=O)(=O)NC3CC3)cc2)c1. The van der Waals surface area contributed by atoms with Gasteiger partial charge in [-0.05, 0) is 68.7 Å². The molecule has 0 aromatic heterocycles. The summed E-state index contributed by atoms with van der Waals surface area (Å²) in [5.41, 5.74) is 6.84. The number of sulfonamides is 1. The minimum Gasteiger partial charge on any atom is -0.491 e. The maximum absolute atomic E-state index is 12.2. The van der Waals surface area contributed by atoms with E-state index in [9.17, 15) is 13.2 Å². The zero-order valence-corrected chi connectivity index (χ0v) is 16.8. The highest BCUT2D eigenvalue weighted by Crippen LogP contribution is 2.22. The molecule has 1 amide bonds. The number of benzene rings is 2. The quantitative estimate of drug-likeness (QED) is 0.559. The Bertz CT molecular complexity index is 923. The van der Waals surface area contributed by atoms with Crippen LogP contribution in [0.1, 0.15) is 32.3 Å². The lowest BCUT2D eigenvalue weighted by Crippen LogP contribution is -2.30. The smallest absolute Gasteiger partial charge is 0.242 e. The molecule has 0 atom stereocenters. The van der Waals surface area contributed by atoms with E-state index in [-0.39, 0.29) is 29.4 Å². The Kier molecular flexibility index (Phi) is 6.21. The van der Waals surface area contributed by atoms with Crippen LogP contribution in [0.3, 0.4) is 0 Å². The van der Waals surface area contributed by atoms with E-state index in [0.29, 0.717) is 5.69 Å². The molecule has 3 N–H and O–H groups in total. The maximum atomic E-state index is 12.2. The predicted octanol–water partition coefficient (Wildman–Crippen LogP) is 2.60. The molecule has 1 saturated carbocycles. The standard InChI is InChI=1S/C20H25N3O4S/c1-14(2)27-18-5-3-4-15(12-18)13-20(24)22-21-16-8-10-19(11-9-16)28(25,26)23-17-6-7-17/h3-5,8-12,14,17,21,23H,6-7,13H2,1-2H3,(H,22,24). The Labute approximate surface area is 165 Å². The molecule has 0 radical (unpaired) electrons. The number of carbonyl (C=O) groups is 1. The molecule has 1 aliphatic rings. The second-order valence-corrected chi connectivity index (χ2v) is 8.80. The number of amides is 1. The molecule has 2 aromatic carbocycles. The van der Waals surface area contributed by atoms with Crippen molar-refractivity contribution in [2.75, 3.05) is 5.43 Å². The summed E-state index contributed by atoms with van der Waals surface area (Å²) < 4.78 is 32.6. The predicted molar refractivity (Wildman–Crippen MR) is 107 cm³/mol. The Balaban J connectivity index is 1.52. The van der Waals surface area contributed by atoms with Gasteiger partial charge in [-0.15, -0.1) is 0 Å². The highest BCUT2D eigenvalue weighted by molar-refractivity contribution is 7.89. The van der Waals surface area contributed by atoms with Crippen LogP contribution in [0.5, 0.6) is 5.75 Å². The summed E-state index contributed by atoms with van der Waals surface area (Å²) in [6.07, 6.45) is 2.03. The van der Waals surface area contributed by atoms with E-state index in [4.69, 9.17) is 4.74 Å². The van der Waals surface area contributed by atoms with E-state index in [2.05, 4.69) is 15.6 Å². The maximum Gasteiger partial charge on any atom is 0.242 e. The van der Waals surface area contributed by atoms with Crippen molar-refractivity contribution in [2.45, 2.75) is 50.2 Å². The van der Waals surface area contributed by atoms with E-state index >= 15 is 0 Å². The highest BCUT2D eigenvalue weighted by Gasteiger charge is 2.27. The Hall–Kier alpha value is -2.58. The summed E-state index contributed by atoms with van der Waals surface area (Å²) in [5.74, 6) is 0.513. The van der Waals surface area contributed by atoms with Crippen molar-refractivity contribution in [3.63, 3.8) is 0 Å². The van der Waals surface area contributed by atoms with Gasteiger partial charge in [-0.2, -0.15) is 0 Å². The van der Waals surface area contributed by atoms with Crippen molar-refractivity contribution in [3.05, 3.63) is 54.1 Å². The molecule has 1 aliphatic carbocycles. The number of anilines is 1. The van der Waals surface area contributed by atoms with Gasteiger partial charge in [0, 0.05) is 6.04 Å². The summed E-state index contributed by atoms with van der Waals surface area (Å²) in [5, 5.41) is 0. The van der Waals surface area contributed by atoms with Crippen molar-refractivity contribution in [2.24, 2.45) is 0 Å². The van der Waals surface area contributed by atoms with Crippen molar-refractivity contribution < 1.29 is 17.9 Å². The highest BCUT2D eigenvalue weighted by atomic mass is 32.2. The van der Waals surface area contributed by atoms with Crippen molar-refractivity contribution in [1.29, 1.82) is 0 Å². The van der Waals surface area contributed by atoms with Gasteiger partial charge in [0.1, 0.15) is 5.75 Å². The summed E-state index contributed by atoms with van der Waals surface area (Å²) >= 11 is 0. The van der Waals surface area contributed by atoms with Gasteiger partial charge in [-0.1, -0.05) is 12.1 Å². The third kappa shape index (κ3) is 5.97. The molecule has 1 fully saturated rings. The molecular formula is C20H25N3O4S. The largest absolute Gasteiger partial charge is 0.491 e. The van der Waals surface area contributed by atoms with Crippen LogP contribution in [0, 0.1) is 0 Å². The number of hydrogen-bond acceptors (Lipinski definition) is 5. The van der Waals surface area contributed by atoms with Gasteiger partial charge >= 0.3 is 0 Å². The summed E-state index contributed by atoms with van der Waals surface area (Å²) in [6, 6.07) is 13.7. The molecule has 0 spiro atoms. The van der Waals surface area contributed by atoms with Crippen LogP contribution >= 0.6 is 0 Å². The first-order chi connectivity index (χ1) is 13.3. The minimum atomic E-state index is -3.48. The topological polar surface area (TPSA) is 96.5 Å². The first kappa shape index (κ1) is 20.2. The molecule has 2 aromatic rings. The van der Waals surface area contributed by atoms with Crippen LogP contribution in [-0.4, -0.2) is 26.5 Å². The van der Waals surface area contributed by atoms with Crippen molar-refractivity contribution in [3.8, 4) is 5.75 Å². The number of nitrogens with one attached hydrogen (secondary N) is 3. The molecule has 7 nitrogen and oxygen atoms in total. The van der Waals surface area contributed by atoms with Crippen LogP contribution in [0.4, 0.5) is 5.69 Å². The third-order valence-electron chi connectivity index (χ3n) is 4.04. The average molecular weight is 404 g/mol. The van der Waals surface area contributed by atoms with Gasteiger partial charge in [0.2, 0.25) is 15.9 Å². The first-order valence-electron chi connectivity index (χ1n) is 9.25. The fourth-order valence-electron chi connectivity index (χ4n) is 2.58. The fourth-order valence-corrected chi connectivity index (χ4v) is 3.88. The van der Waals surface area contributed by atoms with Gasteiger partial charge in [0.15, 0.2) is 0 Å². The normalized spacial score (nSPS) is 14.0. The lowest BCUT2D eigenvalue weighted by atomic mass is 10.1. The molecular weight excluding hydrogens is 378 g/mol. The van der Waals surface area contributed by atoms with E-state index in [1.54, 1.807) is 12.1 Å². The van der Waals surface area contributed by atoms with Crippen LogP contribution in [0.25, 0.3) is 0 Å². The van der Waals surface area contributed by atoms with E-state index in [0.717, 1.165) is 24.2 Å². The van der Waals surface area contributed by atoms with Crippen molar-refractivity contribution in [1.82, 2.24) is 10.1 Å². The van der Waals surface area contributed by atoms with Gasteiger partial charge in [-0.3, -0.25) is 15.6 Å². The molecule has 0 aliphatic heterocycles. The Morgan fingerprint density at radius 2 is 1.86 bits per heavy atom. The van der Waals surface area contributed by atoms with Crippen LogP contribution in [-0.2, 0) is 21.2 Å². The first-order valence-corrected chi connectivity index (χ1v) is 10.7.